The van der Waals surface area contributed by atoms with Gasteiger partial charge in [0, 0.05) is 31.1 Å². The molecule has 1 aromatic heterocycles. The van der Waals surface area contributed by atoms with Gasteiger partial charge < -0.3 is 9.47 Å². The molecule has 1 rings (SSSR count). The van der Waals surface area contributed by atoms with E-state index in [0.29, 0.717) is 4.47 Å². The first kappa shape index (κ1) is 15.5. The smallest absolute Gasteiger partial charge is 0.242 e. The summed E-state index contributed by atoms with van der Waals surface area (Å²) in [6.45, 7) is 1.65. The van der Waals surface area contributed by atoms with Gasteiger partial charge >= 0.3 is 0 Å². The van der Waals surface area contributed by atoms with Crippen LogP contribution in [0.5, 0.6) is 0 Å². The SMILES string of the molecule is COC(OC)C(C)NS(=O)(=O)c1cncc(Br)c1. The predicted molar refractivity (Wildman–Crippen MR) is 69.5 cm³/mol. The van der Waals surface area contributed by atoms with Crippen LogP contribution >= 0.6 is 15.9 Å². The van der Waals surface area contributed by atoms with Crippen LogP contribution in [-0.4, -0.2) is 40.0 Å². The lowest BCUT2D eigenvalue weighted by Crippen LogP contribution is -2.42. The molecule has 18 heavy (non-hydrogen) atoms. The number of ether oxygens (including phenoxy) is 2. The molecule has 0 fully saturated rings. The minimum Gasteiger partial charge on any atom is -0.354 e. The van der Waals surface area contributed by atoms with Crippen LogP contribution in [0.15, 0.2) is 27.8 Å². The lowest BCUT2D eigenvalue weighted by Gasteiger charge is -2.21. The third-order valence-corrected chi connectivity index (χ3v) is 4.16. The van der Waals surface area contributed by atoms with Crippen LogP contribution in [0.25, 0.3) is 0 Å². The Morgan fingerprint density at radius 2 is 1.94 bits per heavy atom. The Hall–Kier alpha value is -0.540. The summed E-state index contributed by atoms with van der Waals surface area (Å²) in [6, 6.07) is 0.945. The molecule has 0 spiro atoms. The van der Waals surface area contributed by atoms with Crippen molar-refractivity contribution in [1.82, 2.24) is 9.71 Å². The van der Waals surface area contributed by atoms with Gasteiger partial charge in [-0.15, -0.1) is 0 Å². The fraction of sp³-hybridized carbons (Fsp3) is 0.500. The molecule has 8 heteroatoms. The van der Waals surface area contributed by atoms with Gasteiger partial charge in [-0.2, -0.15) is 0 Å². The molecule has 0 amide bonds. The van der Waals surface area contributed by atoms with Crippen LogP contribution in [0.2, 0.25) is 0 Å². The molecule has 0 aliphatic heterocycles. The molecule has 1 N–H and O–H groups in total. The largest absolute Gasteiger partial charge is 0.354 e. The summed E-state index contributed by atoms with van der Waals surface area (Å²) in [4.78, 5) is 3.89. The summed E-state index contributed by atoms with van der Waals surface area (Å²) >= 11 is 3.17. The molecule has 1 aromatic rings. The summed E-state index contributed by atoms with van der Waals surface area (Å²) in [5, 5.41) is 0. The Morgan fingerprint density at radius 1 is 1.33 bits per heavy atom. The molecule has 1 atom stereocenters. The van der Waals surface area contributed by atoms with E-state index in [1.165, 1.54) is 32.7 Å². The highest BCUT2D eigenvalue weighted by molar-refractivity contribution is 9.10. The minimum atomic E-state index is -3.65. The minimum absolute atomic E-state index is 0.0784. The van der Waals surface area contributed by atoms with Crippen molar-refractivity contribution in [3.05, 3.63) is 22.9 Å². The first-order valence-electron chi connectivity index (χ1n) is 5.09. The number of hydrogen-bond donors (Lipinski definition) is 1. The zero-order valence-corrected chi connectivity index (χ0v) is 12.7. The molecule has 0 aromatic carbocycles. The Balaban J connectivity index is 2.89. The summed E-state index contributed by atoms with van der Waals surface area (Å²) in [5.74, 6) is 0. The van der Waals surface area contributed by atoms with Crippen molar-refractivity contribution in [2.45, 2.75) is 24.2 Å². The number of methoxy groups -OCH3 is 2. The molecular weight excluding hydrogens is 324 g/mol. The van der Waals surface area contributed by atoms with Crippen molar-refractivity contribution in [2.24, 2.45) is 0 Å². The summed E-state index contributed by atoms with van der Waals surface area (Å²) in [6.07, 6.45) is 2.13. The van der Waals surface area contributed by atoms with Crippen LogP contribution in [0.4, 0.5) is 0 Å². The average molecular weight is 339 g/mol. The normalized spacial score (nSPS) is 13.8. The van der Waals surface area contributed by atoms with Crippen molar-refractivity contribution < 1.29 is 17.9 Å². The fourth-order valence-corrected chi connectivity index (χ4v) is 3.15. The highest BCUT2D eigenvalue weighted by Crippen LogP contribution is 2.15. The first-order chi connectivity index (χ1) is 8.40. The Kier molecular flexibility index (Phi) is 5.67. The lowest BCUT2D eigenvalue weighted by molar-refractivity contribution is -0.115. The molecule has 1 heterocycles. The number of pyridine rings is 1. The molecule has 102 valence electrons. The second-order valence-electron chi connectivity index (χ2n) is 3.59. The number of aromatic nitrogens is 1. The molecule has 0 radical (unpaired) electrons. The quantitative estimate of drug-likeness (QED) is 0.786. The average Bonchev–Trinajstić information content (AvgIpc) is 2.30. The van der Waals surface area contributed by atoms with E-state index in [1.807, 2.05) is 0 Å². The Morgan fingerprint density at radius 3 is 2.44 bits per heavy atom. The third kappa shape index (κ3) is 3.99. The number of hydrogen-bond acceptors (Lipinski definition) is 5. The van der Waals surface area contributed by atoms with E-state index in [-0.39, 0.29) is 4.90 Å². The maximum atomic E-state index is 12.0. The van der Waals surface area contributed by atoms with Gasteiger partial charge in [0.25, 0.3) is 0 Å². The van der Waals surface area contributed by atoms with Gasteiger partial charge in [-0.25, -0.2) is 13.1 Å². The molecule has 1 unspecified atom stereocenters. The van der Waals surface area contributed by atoms with E-state index in [1.54, 1.807) is 6.92 Å². The standard InChI is InChI=1S/C10H15BrN2O4S/c1-7(10(16-2)17-3)13-18(14,15)9-4-8(11)5-12-6-9/h4-7,10,13H,1-3H3. The number of halogens is 1. The molecule has 0 aliphatic rings. The molecule has 6 nitrogen and oxygen atoms in total. The van der Waals surface area contributed by atoms with Gasteiger partial charge in [-0.1, -0.05) is 0 Å². The van der Waals surface area contributed by atoms with Gasteiger partial charge in [-0.3, -0.25) is 4.98 Å². The number of rotatable bonds is 6. The molecule has 0 saturated heterocycles. The fourth-order valence-electron chi connectivity index (χ4n) is 1.41. The first-order valence-corrected chi connectivity index (χ1v) is 7.37. The van der Waals surface area contributed by atoms with Crippen molar-refractivity contribution in [2.75, 3.05) is 14.2 Å². The summed E-state index contributed by atoms with van der Waals surface area (Å²) < 4.78 is 37.1. The van der Waals surface area contributed by atoms with Gasteiger partial charge in [0.1, 0.15) is 4.90 Å². The zero-order valence-electron chi connectivity index (χ0n) is 10.3. The maximum absolute atomic E-state index is 12.0. The van der Waals surface area contributed by atoms with Crippen molar-refractivity contribution in [3.8, 4) is 0 Å². The van der Waals surface area contributed by atoms with Crippen LogP contribution < -0.4 is 4.72 Å². The Bertz CT molecular complexity index is 490. The monoisotopic (exact) mass is 338 g/mol. The van der Waals surface area contributed by atoms with E-state index < -0.39 is 22.4 Å². The van der Waals surface area contributed by atoms with Crippen LogP contribution in [0, 0.1) is 0 Å². The van der Waals surface area contributed by atoms with E-state index >= 15 is 0 Å². The van der Waals surface area contributed by atoms with Gasteiger partial charge in [0.05, 0.1) is 6.04 Å². The molecule has 0 bridgehead atoms. The number of sulfonamides is 1. The molecule has 0 aliphatic carbocycles. The molecule has 0 saturated carbocycles. The van der Waals surface area contributed by atoms with Crippen molar-refractivity contribution in [1.29, 1.82) is 0 Å². The zero-order chi connectivity index (χ0) is 13.8. The van der Waals surface area contributed by atoms with Crippen molar-refractivity contribution in [3.63, 3.8) is 0 Å². The van der Waals surface area contributed by atoms with Gasteiger partial charge in [0.2, 0.25) is 10.0 Å². The summed E-state index contributed by atoms with van der Waals surface area (Å²) in [5.41, 5.74) is 0. The topological polar surface area (TPSA) is 77.5 Å². The maximum Gasteiger partial charge on any atom is 0.242 e. The third-order valence-electron chi connectivity index (χ3n) is 2.20. The van der Waals surface area contributed by atoms with E-state index in [0.717, 1.165) is 0 Å². The van der Waals surface area contributed by atoms with Crippen LogP contribution in [-0.2, 0) is 19.5 Å². The Labute approximate surface area is 115 Å². The highest BCUT2D eigenvalue weighted by Gasteiger charge is 2.23. The second kappa shape index (κ2) is 6.58. The van der Waals surface area contributed by atoms with E-state index in [4.69, 9.17) is 9.47 Å². The van der Waals surface area contributed by atoms with E-state index in [2.05, 4.69) is 25.6 Å². The predicted octanol–water partition coefficient (Wildman–Crippen LogP) is 1.13. The van der Waals surface area contributed by atoms with Gasteiger partial charge in [0.15, 0.2) is 6.29 Å². The highest BCUT2D eigenvalue weighted by atomic mass is 79.9. The number of nitrogens with zero attached hydrogens (tertiary/aromatic N) is 1. The summed E-state index contributed by atoms with van der Waals surface area (Å²) in [7, 11) is -0.762. The number of nitrogens with one attached hydrogen (secondary N) is 1. The van der Waals surface area contributed by atoms with Crippen LogP contribution in [0.1, 0.15) is 6.92 Å². The van der Waals surface area contributed by atoms with Crippen LogP contribution in [0.3, 0.4) is 0 Å². The lowest BCUT2D eigenvalue weighted by atomic mass is 10.3. The van der Waals surface area contributed by atoms with Crippen molar-refractivity contribution >= 4 is 26.0 Å². The van der Waals surface area contributed by atoms with Gasteiger partial charge in [-0.05, 0) is 28.9 Å². The molecular formula is C10H15BrN2O4S. The second-order valence-corrected chi connectivity index (χ2v) is 6.22. The van der Waals surface area contributed by atoms with E-state index in [9.17, 15) is 8.42 Å².